The highest BCUT2D eigenvalue weighted by Gasteiger charge is 2.20. The van der Waals surface area contributed by atoms with Crippen molar-refractivity contribution < 1.29 is 13.3 Å². The molecule has 116 valence electrons. The van der Waals surface area contributed by atoms with Gasteiger partial charge in [0.1, 0.15) is 5.69 Å². The molecule has 0 amide bonds. The first-order chi connectivity index (χ1) is 10.3. The van der Waals surface area contributed by atoms with E-state index in [0.717, 1.165) is 6.07 Å². The van der Waals surface area contributed by atoms with E-state index in [4.69, 9.17) is 5.73 Å². The quantitative estimate of drug-likeness (QED) is 0.438. The van der Waals surface area contributed by atoms with E-state index in [1.165, 1.54) is 19.2 Å². The molecule has 2 aromatic rings. The molecule has 8 nitrogen and oxygen atoms in total. The van der Waals surface area contributed by atoms with E-state index in [-0.39, 0.29) is 16.3 Å². The lowest BCUT2D eigenvalue weighted by atomic mass is 10.2. The van der Waals surface area contributed by atoms with Crippen molar-refractivity contribution in [2.45, 2.75) is 4.90 Å². The maximum atomic E-state index is 11.7. The van der Waals surface area contributed by atoms with E-state index in [2.05, 4.69) is 10.0 Å². The number of benzene rings is 2. The molecule has 2 aromatic carbocycles. The van der Waals surface area contributed by atoms with Crippen LogP contribution in [0, 0.1) is 10.1 Å². The second-order valence-electron chi connectivity index (χ2n) is 4.39. The number of rotatable bonds is 5. The number of nitrogens with one attached hydrogen (secondary N) is 2. The first-order valence-electron chi connectivity index (χ1n) is 6.18. The smallest absolute Gasteiger partial charge is 0.294 e. The van der Waals surface area contributed by atoms with Crippen LogP contribution in [0.1, 0.15) is 0 Å². The van der Waals surface area contributed by atoms with Gasteiger partial charge in [-0.25, -0.2) is 13.1 Å². The number of hydrogen-bond donors (Lipinski definition) is 3. The summed E-state index contributed by atoms with van der Waals surface area (Å²) in [5.41, 5.74) is 6.58. The molecule has 0 saturated carbocycles. The van der Waals surface area contributed by atoms with Gasteiger partial charge in [-0.15, -0.1) is 0 Å². The lowest BCUT2D eigenvalue weighted by Gasteiger charge is -2.09. The molecule has 0 atom stereocenters. The van der Waals surface area contributed by atoms with Gasteiger partial charge >= 0.3 is 0 Å². The van der Waals surface area contributed by atoms with Gasteiger partial charge in [0.05, 0.1) is 9.82 Å². The van der Waals surface area contributed by atoms with E-state index < -0.39 is 14.9 Å². The highest BCUT2D eigenvalue weighted by atomic mass is 32.2. The highest BCUT2D eigenvalue weighted by molar-refractivity contribution is 7.89. The van der Waals surface area contributed by atoms with Crippen LogP contribution in [-0.2, 0) is 10.0 Å². The highest BCUT2D eigenvalue weighted by Crippen LogP contribution is 2.30. The minimum absolute atomic E-state index is 0.176. The number of nitrogens with zero attached hydrogens (tertiary/aromatic N) is 1. The summed E-state index contributed by atoms with van der Waals surface area (Å²) in [7, 11) is -2.51. The molecule has 2 rings (SSSR count). The molecule has 0 fully saturated rings. The Kier molecular flexibility index (Phi) is 4.29. The molecular formula is C13H14N4O4S. The third-order valence-corrected chi connectivity index (χ3v) is 4.35. The zero-order valence-corrected chi connectivity index (χ0v) is 12.4. The second kappa shape index (κ2) is 6.00. The van der Waals surface area contributed by atoms with E-state index in [1.807, 2.05) is 0 Å². The molecule has 0 unspecified atom stereocenters. The fourth-order valence-corrected chi connectivity index (χ4v) is 2.52. The zero-order chi connectivity index (χ0) is 16.3. The van der Waals surface area contributed by atoms with Crippen LogP contribution in [0.5, 0.6) is 0 Å². The SMILES string of the molecule is CNS(=O)(=O)c1ccc(Nc2ccc(N)cc2)c([N+](=O)[O-])c1. The Balaban J connectivity index is 2.44. The Morgan fingerprint density at radius 3 is 2.32 bits per heavy atom. The minimum Gasteiger partial charge on any atom is -0.399 e. The van der Waals surface area contributed by atoms with Gasteiger partial charge in [-0.05, 0) is 43.4 Å². The van der Waals surface area contributed by atoms with Gasteiger partial charge in [0, 0.05) is 17.4 Å². The molecule has 0 radical (unpaired) electrons. The number of hydrogen-bond acceptors (Lipinski definition) is 6. The fraction of sp³-hybridized carbons (Fsp3) is 0.0769. The number of sulfonamides is 1. The van der Waals surface area contributed by atoms with Crippen LogP contribution in [-0.4, -0.2) is 20.4 Å². The van der Waals surface area contributed by atoms with Gasteiger partial charge in [0.15, 0.2) is 0 Å². The molecule has 0 aromatic heterocycles. The van der Waals surface area contributed by atoms with Crippen LogP contribution in [0.4, 0.5) is 22.7 Å². The van der Waals surface area contributed by atoms with Crippen LogP contribution in [0.3, 0.4) is 0 Å². The molecule has 22 heavy (non-hydrogen) atoms. The van der Waals surface area contributed by atoms with Crippen molar-refractivity contribution in [3.8, 4) is 0 Å². The summed E-state index contributed by atoms with van der Waals surface area (Å²) in [5, 5.41) is 14.0. The van der Waals surface area contributed by atoms with E-state index >= 15 is 0 Å². The number of nitrogen functional groups attached to an aromatic ring is 1. The van der Waals surface area contributed by atoms with Gasteiger partial charge in [-0.2, -0.15) is 0 Å². The summed E-state index contributed by atoms with van der Waals surface area (Å²) in [6.45, 7) is 0. The lowest BCUT2D eigenvalue weighted by molar-refractivity contribution is -0.384. The molecule has 0 spiro atoms. The third kappa shape index (κ3) is 3.32. The summed E-state index contributed by atoms with van der Waals surface area (Å²) >= 11 is 0. The normalized spacial score (nSPS) is 11.1. The minimum atomic E-state index is -3.75. The maximum absolute atomic E-state index is 11.7. The summed E-state index contributed by atoms with van der Waals surface area (Å²) in [5.74, 6) is 0. The largest absolute Gasteiger partial charge is 0.399 e. The Morgan fingerprint density at radius 1 is 1.14 bits per heavy atom. The predicted molar refractivity (Wildman–Crippen MR) is 83.5 cm³/mol. The molecule has 0 heterocycles. The fourth-order valence-electron chi connectivity index (χ4n) is 1.78. The second-order valence-corrected chi connectivity index (χ2v) is 6.28. The standard InChI is InChI=1S/C13H14N4O4S/c1-15-22(20,21)11-6-7-12(13(8-11)17(18)19)16-10-4-2-9(14)3-5-10/h2-8,15-16H,14H2,1H3. The molecule has 0 aliphatic heterocycles. The Morgan fingerprint density at radius 2 is 1.77 bits per heavy atom. The van der Waals surface area contributed by atoms with Gasteiger partial charge in [0.25, 0.3) is 5.69 Å². The number of anilines is 3. The number of nitrogens with two attached hydrogens (primary N) is 1. The van der Waals surface area contributed by atoms with Gasteiger partial charge in [-0.1, -0.05) is 0 Å². The summed E-state index contributed by atoms with van der Waals surface area (Å²) < 4.78 is 25.5. The predicted octanol–water partition coefficient (Wildman–Crippen LogP) is 1.83. The average molecular weight is 322 g/mol. The molecule has 9 heteroatoms. The summed E-state index contributed by atoms with van der Waals surface area (Å²) in [4.78, 5) is 10.3. The van der Waals surface area contributed by atoms with Crippen molar-refractivity contribution in [2.24, 2.45) is 0 Å². The zero-order valence-electron chi connectivity index (χ0n) is 11.6. The maximum Gasteiger partial charge on any atom is 0.294 e. The topological polar surface area (TPSA) is 127 Å². The van der Waals surface area contributed by atoms with Crippen molar-refractivity contribution >= 4 is 32.8 Å². The third-order valence-electron chi connectivity index (χ3n) is 2.93. The monoisotopic (exact) mass is 322 g/mol. The number of nitro benzene ring substituents is 1. The van der Waals surface area contributed by atoms with Crippen LogP contribution in [0.25, 0.3) is 0 Å². The molecule has 4 N–H and O–H groups in total. The molecule has 0 aliphatic carbocycles. The summed E-state index contributed by atoms with van der Waals surface area (Å²) in [6.07, 6.45) is 0. The van der Waals surface area contributed by atoms with E-state index in [1.54, 1.807) is 24.3 Å². The summed E-state index contributed by atoms with van der Waals surface area (Å²) in [6, 6.07) is 10.3. The van der Waals surface area contributed by atoms with E-state index in [0.29, 0.717) is 11.4 Å². The molecule has 0 aliphatic rings. The Bertz CT molecular complexity index is 803. The molecular weight excluding hydrogens is 308 g/mol. The molecule has 0 bridgehead atoms. The molecule has 0 saturated heterocycles. The van der Waals surface area contributed by atoms with Gasteiger partial charge in [-0.3, -0.25) is 10.1 Å². The first-order valence-corrected chi connectivity index (χ1v) is 7.66. The van der Waals surface area contributed by atoms with Gasteiger partial charge < -0.3 is 11.1 Å². The first kappa shape index (κ1) is 15.7. The van der Waals surface area contributed by atoms with Crippen molar-refractivity contribution in [2.75, 3.05) is 18.1 Å². The van der Waals surface area contributed by atoms with Crippen molar-refractivity contribution in [1.29, 1.82) is 0 Å². The Labute approximate surface area is 127 Å². The van der Waals surface area contributed by atoms with Crippen LogP contribution >= 0.6 is 0 Å². The van der Waals surface area contributed by atoms with Crippen LogP contribution < -0.4 is 15.8 Å². The van der Waals surface area contributed by atoms with E-state index in [9.17, 15) is 18.5 Å². The Hall–Kier alpha value is -2.65. The van der Waals surface area contributed by atoms with Crippen LogP contribution in [0.15, 0.2) is 47.4 Å². The average Bonchev–Trinajstić information content (AvgIpc) is 2.49. The van der Waals surface area contributed by atoms with Crippen molar-refractivity contribution in [3.63, 3.8) is 0 Å². The van der Waals surface area contributed by atoms with Crippen LogP contribution in [0.2, 0.25) is 0 Å². The number of nitro groups is 1. The lowest BCUT2D eigenvalue weighted by Crippen LogP contribution is -2.18. The van der Waals surface area contributed by atoms with Crippen molar-refractivity contribution in [3.05, 3.63) is 52.6 Å². The van der Waals surface area contributed by atoms with Crippen molar-refractivity contribution in [1.82, 2.24) is 4.72 Å². The van der Waals surface area contributed by atoms with Gasteiger partial charge in [0.2, 0.25) is 10.0 Å².